The van der Waals surface area contributed by atoms with Gasteiger partial charge < -0.3 is 14.8 Å². The van der Waals surface area contributed by atoms with Crippen LogP contribution in [0.15, 0.2) is 39.8 Å². The van der Waals surface area contributed by atoms with Crippen LogP contribution in [-0.4, -0.2) is 31.9 Å². The number of aliphatic carboxylic acids is 1. The van der Waals surface area contributed by atoms with Crippen molar-refractivity contribution in [3.8, 4) is 0 Å². The van der Waals surface area contributed by atoms with Gasteiger partial charge in [-0.3, -0.25) is 9.59 Å². The van der Waals surface area contributed by atoms with Gasteiger partial charge in [0.1, 0.15) is 12.2 Å². The zero-order chi connectivity index (χ0) is 19.6. The molecule has 8 nitrogen and oxygen atoms in total. The van der Waals surface area contributed by atoms with Crippen molar-refractivity contribution >= 4 is 27.6 Å². The minimum absolute atomic E-state index is 0.0703. The molecular formula is C18H20N2O6S. The van der Waals surface area contributed by atoms with E-state index in [4.69, 9.17) is 9.52 Å². The number of aryl methyl sites for hydroxylation is 1. The van der Waals surface area contributed by atoms with Gasteiger partial charge in [-0.2, -0.15) is 0 Å². The third kappa shape index (κ3) is 4.75. The minimum atomic E-state index is -3.57. The lowest BCUT2D eigenvalue weighted by atomic mass is 10.1. The quantitative estimate of drug-likeness (QED) is 0.632. The fraction of sp³-hybridized carbons (Fsp3) is 0.333. The van der Waals surface area contributed by atoms with Gasteiger partial charge in [0.15, 0.2) is 0 Å². The summed E-state index contributed by atoms with van der Waals surface area (Å²) in [5, 5.41) is 11.5. The first kappa shape index (κ1) is 19.1. The summed E-state index contributed by atoms with van der Waals surface area (Å²) < 4.78 is 32.1. The number of sulfonamides is 1. The van der Waals surface area contributed by atoms with Crippen LogP contribution in [0, 0.1) is 12.8 Å². The summed E-state index contributed by atoms with van der Waals surface area (Å²) >= 11 is 0. The molecule has 1 aromatic heterocycles. The third-order valence-electron chi connectivity index (χ3n) is 4.27. The van der Waals surface area contributed by atoms with Crippen LogP contribution in [-0.2, 0) is 21.2 Å². The normalized spacial score (nSPS) is 14.1. The van der Waals surface area contributed by atoms with Crippen molar-refractivity contribution in [2.24, 2.45) is 5.92 Å². The number of carbonyl (C=O) groups is 2. The highest BCUT2D eigenvalue weighted by molar-refractivity contribution is 7.89. The monoisotopic (exact) mass is 392 g/mol. The van der Waals surface area contributed by atoms with E-state index in [0.29, 0.717) is 23.7 Å². The van der Waals surface area contributed by atoms with Crippen molar-refractivity contribution in [2.45, 2.75) is 31.1 Å². The summed E-state index contributed by atoms with van der Waals surface area (Å²) in [7, 11) is -3.57. The maximum absolute atomic E-state index is 12.5. The number of hydrogen-bond donors (Lipinski definition) is 3. The van der Waals surface area contributed by atoms with E-state index in [1.807, 2.05) is 0 Å². The molecule has 0 bridgehead atoms. The summed E-state index contributed by atoms with van der Waals surface area (Å²) in [5.74, 6) is -1.12. The van der Waals surface area contributed by atoms with Crippen molar-refractivity contribution in [1.82, 2.24) is 4.72 Å². The summed E-state index contributed by atoms with van der Waals surface area (Å²) in [5.41, 5.74) is 1.08. The highest BCUT2D eigenvalue weighted by Crippen LogP contribution is 2.28. The number of nitrogens with one attached hydrogen (secondary N) is 2. The van der Waals surface area contributed by atoms with Crippen LogP contribution in [0.2, 0.25) is 0 Å². The second-order valence-corrected chi connectivity index (χ2v) is 8.33. The zero-order valence-corrected chi connectivity index (χ0v) is 15.5. The SMILES string of the molecule is Cc1coc(CC(=O)O)c1C(=O)Nc1ccc(S(=O)(=O)NCC2CC2)cc1. The van der Waals surface area contributed by atoms with E-state index in [-0.39, 0.29) is 16.2 Å². The highest BCUT2D eigenvalue weighted by Gasteiger charge is 2.24. The molecule has 2 aromatic rings. The van der Waals surface area contributed by atoms with Crippen molar-refractivity contribution in [1.29, 1.82) is 0 Å². The Labute approximate surface area is 156 Å². The van der Waals surface area contributed by atoms with Crippen molar-refractivity contribution in [2.75, 3.05) is 11.9 Å². The van der Waals surface area contributed by atoms with E-state index in [0.717, 1.165) is 12.8 Å². The second kappa shape index (κ2) is 7.53. The molecule has 9 heteroatoms. The molecule has 1 aliphatic rings. The number of furan rings is 1. The lowest BCUT2D eigenvalue weighted by molar-refractivity contribution is -0.136. The smallest absolute Gasteiger partial charge is 0.311 e. The van der Waals surface area contributed by atoms with Crippen LogP contribution >= 0.6 is 0 Å². The number of rotatable bonds is 8. The summed E-state index contributed by atoms with van der Waals surface area (Å²) in [4.78, 5) is 23.5. The first-order valence-electron chi connectivity index (χ1n) is 8.46. The molecule has 0 radical (unpaired) electrons. The molecule has 3 rings (SSSR count). The van der Waals surface area contributed by atoms with Crippen LogP contribution in [0.1, 0.15) is 34.5 Å². The Morgan fingerprint density at radius 3 is 2.48 bits per heavy atom. The molecule has 1 aliphatic carbocycles. The predicted molar refractivity (Wildman–Crippen MR) is 97.1 cm³/mol. The first-order valence-corrected chi connectivity index (χ1v) is 9.94. The fourth-order valence-corrected chi connectivity index (χ4v) is 3.73. The molecule has 0 saturated heterocycles. The van der Waals surface area contributed by atoms with Gasteiger partial charge in [0.05, 0.1) is 16.7 Å². The Morgan fingerprint density at radius 1 is 1.22 bits per heavy atom. The molecular weight excluding hydrogens is 372 g/mol. The lowest BCUT2D eigenvalue weighted by Crippen LogP contribution is -2.25. The number of benzene rings is 1. The number of amides is 1. The van der Waals surface area contributed by atoms with E-state index in [9.17, 15) is 18.0 Å². The molecule has 0 aliphatic heterocycles. The van der Waals surface area contributed by atoms with E-state index in [1.54, 1.807) is 6.92 Å². The number of carboxylic acid groups (broad SMARTS) is 1. The van der Waals surface area contributed by atoms with E-state index < -0.39 is 28.3 Å². The highest BCUT2D eigenvalue weighted by atomic mass is 32.2. The Hall–Kier alpha value is -2.65. The maximum Gasteiger partial charge on any atom is 0.311 e. The van der Waals surface area contributed by atoms with E-state index in [2.05, 4.69) is 10.0 Å². The minimum Gasteiger partial charge on any atom is -0.481 e. The summed E-state index contributed by atoms with van der Waals surface area (Å²) in [6, 6.07) is 5.78. The molecule has 1 saturated carbocycles. The van der Waals surface area contributed by atoms with Crippen LogP contribution in [0.5, 0.6) is 0 Å². The molecule has 1 amide bonds. The molecule has 27 heavy (non-hydrogen) atoms. The summed E-state index contributed by atoms with van der Waals surface area (Å²) in [6.07, 6.45) is 3.02. The van der Waals surface area contributed by atoms with Gasteiger partial charge in [-0.05, 0) is 49.9 Å². The average molecular weight is 392 g/mol. The molecule has 144 valence electrons. The van der Waals surface area contributed by atoms with Gasteiger partial charge in [-0.15, -0.1) is 0 Å². The van der Waals surface area contributed by atoms with Crippen molar-refractivity contribution < 1.29 is 27.5 Å². The Balaban J connectivity index is 1.70. The largest absolute Gasteiger partial charge is 0.481 e. The van der Waals surface area contributed by atoms with Crippen LogP contribution in [0.4, 0.5) is 5.69 Å². The van der Waals surface area contributed by atoms with Crippen LogP contribution in [0.25, 0.3) is 0 Å². The summed E-state index contributed by atoms with van der Waals surface area (Å²) in [6.45, 7) is 2.08. The van der Waals surface area contributed by atoms with Crippen LogP contribution in [0.3, 0.4) is 0 Å². The Kier molecular flexibility index (Phi) is 5.33. The van der Waals surface area contributed by atoms with Gasteiger partial charge in [-0.1, -0.05) is 0 Å². The molecule has 1 fully saturated rings. The first-order chi connectivity index (χ1) is 12.8. The fourth-order valence-electron chi connectivity index (χ4n) is 2.61. The molecule has 1 heterocycles. The molecule has 0 atom stereocenters. The number of hydrogen-bond acceptors (Lipinski definition) is 5. The van der Waals surface area contributed by atoms with Gasteiger partial charge in [0.25, 0.3) is 5.91 Å². The third-order valence-corrected chi connectivity index (χ3v) is 5.71. The standard InChI is InChI=1S/C18H20N2O6S/c1-11-10-26-15(8-16(21)22)17(11)18(23)20-13-4-6-14(7-5-13)27(24,25)19-9-12-2-3-12/h4-7,10,12,19H,2-3,8-9H2,1H3,(H,20,23)(H,21,22). The molecule has 0 unspecified atom stereocenters. The van der Waals surface area contributed by atoms with Gasteiger partial charge in [-0.25, -0.2) is 13.1 Å². The van der Waals surface area contributed by atoms with E-state index >= 15 is 0 Å². The van der Waals surface area contributed by atoms with E-state index in [1.165, 1.54) is 30.5 Å². The topological polar surface area (TPSA) is 126 Å². The molecule has 0 spiro atoms. The number of anilines is 1. The second-order valence-electron chi connectivity index (χ2n) is 6.56. The average Bonchev–Trinajstić information content (AvgIpc) is 3.36. The molecule has 1 aromatic carbocycles. The van der Waals surface area contributed by atoms with Crippen molar-refractivity contribution in [3.63, 3.8) is 0 Å². The van der Waals surface area contributed by atoms with Crippen molar-refractivity contribution in [3.05, 3.63) is 47.4 Å². The lowest BCUT2D eigenvalue weighted by Gasteiger charge is -2.09. The van der Waals surface area contributed by atoms with Gasteiger partial charge >= 0.3 is 5.97 Å². The van der Waals surface area contributed by atoms with Gasteiger partial charge in [0, 0.05) is 17.8 Å². The Bertz CT molecular complexity index is 958. The zero-order valence-electron chi connectivity index (χ0n) is 14.7. The Morgan fingerprint density at radius 2 is 1.89 bits per heavy atom. The van der Waals surface area contributed by atoms with Gasteiger partial charge in [0.2, 0.25) is 10.0 Å². The maximum atomic E-state index is 12.5. The van der Waals surface area contributed by atoms with Crippen LogP contribution < -0.4 is 10.0 Å². The molecule has 3 N–H and O–H groups in total. The predicted octanol–water partition coefficient (Wildman–Crippen LogP) is 2.16. The number of carboxylic acids is 1. The number of carbonyl (C=O) groups excluding carboxylic acids is 1.